The summed E-state index contributed by atoms with van der Waals surface area (Å²) in [6.45, 7) is 4.65. The normalized spacial score (nSPS) is 18.1. The SMILES string of the molecule is Cn1nc(-c2nncs2)c2c1CC(C)(C)CC2. The molecule has 0 radical (unpaired) electrons. The Hall–Kier alpha value is -1.23. The monoisotopic (exact) mass is 248 g/mol. The molecule has 2 aromatic rings. The third kappa shape index (κ3) is 1.78. The van der Waals surface area contributed by atoms with Crippen molar-refractivity contribution in [1.29, 1.82) is 0 Å². The predicted octanol–water partition coefficient (Wildman–Crippen LogP) is 2.45. The van der Waals surface area contributed by atoms with Crippen LogP contribution in [0, 0.1) is 5.41 Å². The van der Waals surface area contributed by atoms with Crippen molar-refractivity contribution in [3.8, 4) is 10.7 Å². The van der Waals surface area contributed by atoms with E-state index in [1.54, 1.807) is 16.8 Å². The molecule has 0 amide bonds. The molecule has 0 saturated carbocycles. The van der Waals surface area contributed by atoms with Crippen LogP contribution in [0.1, 0.15) is 31.5 Å². The van der Waals surface area contributed by atoms with E-state index in [1.807, 2.05) is 11.7 Å². The molecule has 2 heterocycles. The fraction of sp³-hybridized carbons (Fsp3) is 0.583. The van der Waals surface area contributed by atoms with Gasteiger partial charge in [-0.2, -0.15) is 5.10 Å². The summed E-state index contributed by atoms with van der Waals surface area (Å²) in [4.78, 5) is 0. The first-order valence-electron chi connectivity index (χ1n) is 5.88. The van der Waals surface area contributed by atoms with Gasteiger partial charge >= 0.3 is 0 Å². The van der Waals surface area contributed by atoms with E-state index in [0.717, 1.165) is 23.5 Å². The molecule has 0 atom stereocenters. The molecular weight excluding hydrogens is 232 g/mol. The highest BCUT2D eigenvalue weighted by Crippen LogP contribution is 2.38. The van der Waals surface area contributed by atoms with E-state index in [9.17, 15) is 0 Å². The van der Waals surface area contributed by atoms with Gasteiger partial charge in [0, 0.05) is 18.3 Å². The van der Waals surface area contributed by atoms with Crippen LogP contribution < -0.4 is 0 Å². The van der Waals surface area contributed by atoms with Crippen molar-refractivity contribution >= 4 is 11.3 Å². The van der Waals surface area contributed by atoms with Gasteiger partial charge in [-0.3, -0.25) is 4.68 Å². The summed E-state index contributed by atoms with van der Waals surface area (Å²) < 4.78 is 2.02. The van der Waals surface area contributed by atoms with Crippen LogP contribution >= 0.6 is 11.3 Å². The minimum atomic E-state index is 0.388. The number of nitrogens with zero attached hydrogens (tertiary/aromatic N) is 4. The Kier molecular flexibility index (Phi) is 2.33. The Bertz CT molecular complexity index is 539. The van der Waals surface area contributed by atoms with E-state index < -0.39 is 0 Å². The van der Waals surface area contributed by atoms with E-state index in [4.69, 9.17) is 0 Å². The first-order valence-corrected chi connectivity index (χ1v) is 6.76. The second kappa shape index (κ2) is 3.63. The molecule has 3 rings (SSSR count). The minimum Gasteiger partial charge on any atom is -0.272 e. The van der Waals surface area contributed by atoms with E-state index in [0.29, 0.717) is 5.41 Å². The molecule has 1 aliphatic carbocycles. The second-order valence-electron chi connectivity index (χ2n) is 5.48. The van der Waals surface area contributed by atoms with Gasteiger partial charge in [0.1, 0.15) is 11.2 Å². The average Bonchev–Trinajstić information content (AvgIpc) is 2.86. The molecule has 0 saturated heterocycles. The average molecular weight is 248 g/mol. The Morgan fingerprint density at radius 2 is 2.24 bits per heavy atom. The third-order valence-corrected chi connectivity index (χ3v) is 4.23. The smallest absolute Gasteiger partial charge is 0.168 e. The van der Waals surface area contributed by atoms with Crippen molar-refractivity contribution in [2.45, 2.75) is 33.1 Å². The highest BCUT2D eigenvalue weighted by Gasteiger charge is 2.31. The number of aromatic nitrogens is 4. The second-order valence-corrected chi connectivity index (χ2v) is 6.32. The zero-order chi connectivity index (χ0) is 12.0. The third-order valence-electron chi connectivity index (χ3n) is 3.54. The molecule has 0 aromatic carbocycles. The Balaban J connectivity index is 2.11. The molecular formula is C12H16N4S. The molecule has 0 fully saturated rings. The van der Waals surface area contributed by atoms with Crippen LogP contribution in [0.5, 0.6) is 0 Å². The first kappa shape index (κ1) is 10.9. The summed E-state index contributed by atoms with van der Waals surface area (Å²) in [6.07, 6.45) is 3.42. The molecule has 17 heavy (non-hydrogen) atoms. The van der Waals surface area contributed by atoms with E-state index in [2.05, 4.69) is 29.1 Å². The van der Waals surface area contributed by atoms with Crippen LogP contribution in [0.3, 0.4) is 0 Å². The van der Waals surface area contributed by atoms with E-state index in [1.165, 1.54) is 17.7 Å². The van der Waals surface area contributed by atoms with Crippen LogP contribution in [-0.2, 0) is 19.9 Å². The maximum Gasteiger partial charge on any atom is 0.168 e. The zero-order valence-corrected chi connectivity index (χ0v) is 11.2. The summed E-state index contributed by atoms with van der Waals surface area (Å²) >= 11 is 1.56. The van der Waals surface area contributed by atoms with E-state index in [-0.39, 0.29) is 0 Å². The highest BCUT2D eigenvalue weighted by atomic mass is 32.1. The lowest BCUT2D eigenvalue weighted by Gasteiger charge is -2.29. The van der Waals surface area contributed by atoms with Gasteiger partial charge in [0.15, 0.2) is 5.01 Å². The molecule has 0 bridgehead atoms. The van der Waals surface area contributed by atoms with Gasteiger partial charge in [-0.25, -0.2) is 0 Å². The summed E-state index contributed by atoms with van der Waals surface area (Å²) in [6, 6.07) is 0. The lowest BCUT2D eigenvalue weighted by atomic mass is 9.76. The molecule has 0 unspecified atom stereocenters. The number of fused-ring (bicyclic) bond motifs is 1. The van der Waals surface area contributed by atoms with Gasteiger partial charge in [-0.05, 0) is 24.7 Å². The fourth-order valence-corrected chi connectivity index (χ4v) is 3.10. The Morgan fingerprint density at radius 1 is 1.41 bits per heavy atom. The highest BCUT2D eigenvalue weighted by molar-refractivity contribution is 7.12. The predicted molar refractivity (Wildman–Crippen MR) is 67.9 cm³/mol. The number of aryl methyl sites for hydroxylation is 1. The molecule has 4 nitrogen and oxygen atoms in total. The van der Waals surface area contributed by atoms with Gasteiger partial charge in [0.2, 0.25) is 0 Å². The molecule has 0 spiro atoms. The van der Waals surface area contributed by atoms with Crippen molar-refractivity contribution in [3.05, 3.63) is 16.8 Å². The maximum absolute atomic E-state index is 4.62. The van der Waals surface area contributed by atoms with E-state index >= 15 is 0 Å². The fourth-order valence-electron chi connectivity index (χ4n) is 2.54. The summed E-state index contributed by atoms with van der Waals surface area (Å²) in [5.41, 5.74) is 5.94. The van der Waals surface area contributed by atoms with Crippen LogP contribution in [0.2, 0.25) is 0 Å². The standard InChI is InChI=1S/C12H16N4S/c1-12(2)5-4-8-9(6-12)16(3)15-10(8)11-14-13-7-17-11/h7H,4-6H2,1-3H3. The van der Waals surface area contributed by atoms with Crippen LogP contribution in [0.25, 0.3) is 10.7 Å². The molecule has 5 heteroatoms. The minimum absolute atomic E-state index is 0.388. The number of rotatable bonds is 1. The van der Waals surface area contributed by atoms with Gasteiger partial charge in [0.05, 0.1) is 0 Å². The first-order chi connectivity index (χ1) is 8.07. The number of hydrogen-bond acceptors (Lipinski definition) is 4. The molecule has 0 aliphatic heterocycles. The molecule has 90 valence electrons. The van der Waals surface area contributed by atoms with Gasteiger partial charge < -0.3 is 0 Å². The summed E-state index contributed by atoms with van der Waals surface area (Å²) in [7, 11) is 2.03. The lowest BCUT2D eigenvalue weighted by molar-refractivity contribution is 0.307. The van der Waals surface area contributed by atoms with Crippen molar-refractivity contribution in [2.75, 3.05) is 0 Å². The number of hydrogen-bond donors (Lipinski definition) is 0. The zero-order valence-electron chi connectivity index (χ0n) is 10.4. The molecule has 1 aliphatic rings. The van der Waals surface area contributed by atoms with Gasteiger partial charge in [-0.15, -0.1) is 10.2 Å². The summed E-state index contributed by atoms with van der Waals surface area (Å²) in [5, 5.41) is 13.6. The summed E-state index contributed by atoms with van der Waals surface area (Å²) in [5.74, 6) is 0. The largest absolute Gasteiger partial charge is 0.272 e. The lowest BCUT2D eigenvalue weighted by Crippen LogP contribution is -2.23. The maximum atomic E-state index is 4.62. The van der Waals surface area contributed by atoms with Gasteiger partial charge in [0.25, 0.3) is 0 Å². The van der Waals surface area contributed by atoms with Crippen LogP contribution in [0.4, 0.5) is 0 Å². The van der Waals surface area contributed by atoms with Crippen molar-refractivity contribution in [2.24, 2.45) is 12.5 Å². The molecule has 2 aromatic heterocycles. The molecule has 0 N–H and O–H groups in total. The quantitative estimate of drug-likeness (QED) is 0.778. The van der Waals surface area contributed by atoms with Crippen LogP contribution in [0.15, 0.2) is 5.51 Å². The van der Waals surface area contributed by atoms with Crippen molar-refractivity contribution in [3.63, 3.8) is 0 Å². The van der Waals surface area contributed by atoms with Crippen molar-refractivity contribution < 1.29 is 0 Å². The van der Waals surface area contributed by atoms with Crippen LogP contribution in [-0.4, -0.2) is 20.0 Å². The van der Waals surface area contributed by atoms with Gasteiger partial charge in [-0.1, -0.05) is 25.2 Å². The Labute approximate surface area is 105 Å². The van der Waals surface area contributed by atoms with Crippen molar-refractivity contribution in [1.82, 2.24) is 20.0 Å². The Morgan fingerprint density at radius 3 is 2.94 bits per heavy atom. The topological polar surface area (TPSA) is 43.6 Å².